The van der Waals surface area contributed by atoms with Gasteiger partial charge in [0.1, 0.15) is 5.60 Å². The summed E-state index contributed by atoms with van der Waals surface area (Å²) in [6, 6.07) is 3.88. The topological polar surface area (TPSA) is 22.1 Å². The third-order valence-electron chi connectivity index (χ3n) is 1.29. The molecule has 1 heterocycles. The maximum Gasteiger partial charge on any atom is 0.213 e. The van der Waals surface area contributed by atoms with Gasteiger partial charge in [-0.2, -0.15) is 0 Å². The molecule has 1 aromatic heterocycles. The Morgan fingerprint density at radius 2 is 1.92 bits per heavy atom. The van der Waals surface area contributed by atoms with E-state index in [4.69, 9.17) is 4.74 Å². The first-order valence-electron chi connectivity index (χ1n) is 4.09. The molecule has 0 amide bonds. The summed E-state index contributed by atoms with van der Waals surface area (Å²) in [4.78, 5) is 4.14. The van der Waals surface area contributed by atoms with Crippen molar-refractivity contribution in [1.29, 1.82) is 0 Å². The zero-order valence-corrected chi connectivity index (χ0v) is 8.09. The number of aryl methyl sites for hydroxylation is 1. The Morgan fingerprint density at radius 1 is 1.25 bits per heavy atom. The van der Waals surface area contributed by atoms with Gasteiger partial charge in [-0.05, 0) is 33.3 Å². The zero-order valence-electron chi connectivity index (χ0n) is 8.09. The molecule has 2 heteroatoms. The Hall–Kier alpha value is -1.05. The molecule has 0 unspecified atom stereocenters. The van der Waals surface area contributed by atoms with Crippen LogP contribution in [0.3, 0.4) is 0 Å². The Kier molecular flexibility index (Phi) is 2.36. The van der Waals surface area contributed by atoms with Crippen molar-refractivity contribution >= 4 is 0 Å². The van der Waals surface area contributed by atoms with Crippen LogP contribution in [0.1, 0.15) is 26.3 Å². The number of ether oxygens (including phenoxy) is 1. The van der Waals surface area contributed by atoms with Crippen LogP contribution in [-0.4, -0.2) is 10.6 Å². The van der Waals surface area contributed by atoms with Gasteiger partial charge in [0.05, 0.1) is 0 Å². The van der Waals surface area contributed by atoms with E-state index < -0.39 is 0 Å². The van der Waals surface area contributed by atoms with Crippen molar-refractivity contribution < 1.29 is 4.74 Å². The van der Waals surface area contributed by atoms with Gasteiger partial charge >= 0.3 is 0 Å². The lowest BCUT2D eigenvalue weighted by molar-refractivity contribution is 0.124. The summed E-state index contributed by atoms with van der Waals surface area (Å²) in [7, 11) is 0. The van der Waals surface area contributed by atoms with Crippen molar-refractivity contribution in [3.05, 3.63) is 23.9 Å². The fourth-order valence-corrected chi connectivity index (χ4v) is 0.828. The van der Waals surface area contributed by atoms with E-state index in [1.165, 1.54) is 0 Å². The summed E-state index contributed by atoms with van der Waals surface area (Å²) >= 11 is 0. The lowest BCUT2D eigenvalue weighted by atomic mass is 10.2. The van der Waals surface area contributed by atoms with Gasteiger partial charge in [-0.15, -0.1) is 0 Å². The smallest absolute Gasteiger partial charge is 0.213 e. The van der Waals surface area contributed by atoms with Gasteiger partial charge in [0, 0.05) is 12.3 Å². The fourth-order valence-electron chi connectivity index (χ4n) is 0.828. The molecule has 0 N–H and O–H groups in total. The SMILES string of the molecule is Cc1ccc(OC(C)(C)C)nc1. The standard InChI is InChI=1S/C10H15NO/c1-8-5-6-9(11-7-8)12-10(2,3)4/h5-7H,1-4H3. The minimum absolute atomic E-state index is 0.164. The second kappa shape index (κ2) is 3.13. The van der Waals surface area contributed by atoms with E-state index in [-0.39, 0.29) is 5.60 Å². The molecule has 0 bridgehead atoms. The van der Waals surface area contributed by atoms with E-state index in [9.17, 15) is 0 Å². The average molecular weight is 165 g/mol. The van der Waals surface area contributed by atoms with Gasteiger partial charge in [0.2, 0.25) is 5.88 Å². The molecule has 0 saturated heterocycles. The highest BCUT2D eigenvalue weighted by Crippen LogP contribution is 2.14. The minimum Gasteiger partial charge on any atom is -0.472 e. The van der Waals surface area contributed by atoms with Crippen molar-refractivity contribution in [2.75, 3.05) is 0 Å². The highest BCUT2D eigenvalue weighted by molar-refractivity contribution is 5.16. The van der Waals surface area contributed by atoms with E-state index in [0.717, 1.165) is 5.56 Å². The number of nitrogens with zero attached hydrogens (tertiary/aromatic N) is 1. The predicted octanol–water partition coefficient (Wildman–Crippen LogP) is 2.57. The second-order valence-corrected chi connectivity index (χ2v) is 3.89. The van der Waals surface area contributed by atoms with Crippen LogP contribution in [0.5, 0.6) is 5.88 Å². The Morgan fingerprint density at radius 3 is 2.33 bits per heavy atom. The minimum atomic E-state index is -0.164. The third-order valence-corrected chi connectivity index (χ3v) is 1.29. The fraction of sp³-hybridized carbons (Fsp3) is 0.500. The molecule has 1 aromatic rings. The molecule has 12 heavy (non-hydrogen) atoms. The quantitative estimate of drug-likeness (QED) is 0.638. The monoisotopic (exact) mass is 165 g/mol. The maximum absolute atomic E-state index is 5.55. The van der Waals surface area contributed by atoms with Crippen LogP contribution in [0, 0.1) is 6.92 Å². The molecule has 0 fully saturated rings. The van der Waals surface area contributed by atoms with Crippen molar-refractivity contribution in [3.8, 4) is 5.88 Å². The summed E-state index contributed by atoms with van der Waals surface area (Å²) < 4.78 is 5.55. The van der Waals surface area contributed by atoms with Gasteiger partial charge in [0.25, 0.3) is 0 Å². The number of hydrogen-bond donors (Lipinski definition) is 0. The summed E-state index contributed by atoms with van der Waals surface area (Å²) in [5.41, 5.74) is 0.985. The van der Waals surface area contributed by atoms with E-state index >= 15 is 0 Å². The molecule has 0 radical (unpaired) electrons. The molecule has 0 aliphatic heterocycles. The summed E-state index contributed by atoms with van der Waals surface area (Å²) in [5, 5.41) is 0. The van der Waals surface area contributed by atoms with Gasteiger partial charge < -0.3 is 4.74 Å². The second-order valence-electron chi connectivity index (χ2n) is 3.89. The van der Waals surface area contributed by atoms with Crippen molar-refractivity contribution in [1.82, 2.24) is 4.98 Å². The summed E-state index contributed by atoms with van der Waals surface area (Å²) in [5.74, 6) is 0.688. The van der Waals surface area contributed by atoms with Gasteiger partial charge in [-0.25, -0.2) is 4.98 Å². The molecule has 0 aromatic carbocycles. The van der Waals surface area contributed by atoms with Gasteiger partial charge in [0.15, 0.2) is 0 Å². The zero-order chi connectivity index (χ0) is 9.19. The Balaban J connectivity index is 2.71. The van der Waals surface area contributed by atoms with Crippen LogP contribution in [-0.2, 0) is 0 Å². The van der Waals surface area contributed by atoms with Crippen molar-refractivity contribution in [2.24, 2.45) is 0 Å². The largest absolute Gasteiger partial charge is 0.472 e. The van der Waals surface area contributed by atoms with Gasteiger partial charge in [-0.1, -0.05) is 6.07 Å². The molecule has 0 atom stereocenters. The first kappa shape index (κ1) is 9.04. The molecule has 0 aliphatic carbocycles. The van der Waals surface area contributed by atoms with Crippen LogP contribution in [0.2, 0.25) is 0 Å². The Bertz CT molecular complexity index is 246. The molecule has 0 spiro atoms. The van der Waals surface area contributed by atoms with E-state index in [0.29, 0.717) is 5.88 Å². The molecule has 0 saturated carbocycles. The molecule has 0 aliphatic rings. The molecule has 1 rings (SSSR count). The Labute approximate surface area is 73.6 Å². The molecule has 66 valence electrons. The highest BCUT2D eigenvalue weighted by atomic mass is 16.5. The normalized spacial score (nSPS) is 11.3. The first-order valence-corrected chi connectivity index (χ1v) is 4.09. The van der Waals surface area contributed by atoms with E-state index in [1.54, 1.807) is 6.20 Å². The maximum atomic E-state index is 5.55. The summed E-state index contributed by atoms with van der Waals surface area (Å²) in [6.07, 6.45) is 1.81. The molecule has 2 nitrogen and oxygen atoms in total. The van der Waals surface area contributed by atoms with E-state index in [1.807, 2.05) is 39.8 Å². The number of aromatic nitrogens is 1. The third kappa shape index (κ3) is 2.91. The van der Waals surface area contributed by atoms with E-state index in [2.05, 4.69) is 4.98 Å². The van der Waals surface area contributed by atoms with Crippen LogP contribution in [0.4, 0.5) is 0 Å². The first-order chi connectivity index (χ1) is 5.47. The predicted molar refractivity (Wildman–Crippen MR) is 49.4 cm³/mol. The highest BCUT2D eigenvalue weighted by Gasteiger charge is 2.11. The van der Waals surface area contributed by atoms with Crippen LogP contribution in [0.15, 0.2) is 18.3 Å². The van der Waals surface area contributed by atoms with Crippen LogP contribution < -0.4 is 4.74 Å². The van der Waals surface area contributed by atoms with Crippen molar-refractivity contribution in [3.63, 3.8) is 0 Å². The average Bonchev–Trinajstić information content (AvgIpc) is 1.91. The van der Waals surface area contributed by atoms with Crippen LogP contribution >= 0.6 is 0 Å². The van der Waals surface area contributed by atoms with Gasteiger partial charge in [-0.3, -0.25) is 0 Å². The number of hydrogen-bond acceptors (Lipinski definition) is 2. The van der Waals surface area contributed by atoms with Crippen LogP contribution in [0.25, 0.3) is 0 Å². The molecular formula is C10H15NO. The number of pyridine rings is 1. The summed E-state index contributed by atoms with van der Waals surface area (Å²) in [6.45, 7) is 8.03. The lowest BCUT2D eigenvalue weighted by Crippen LogP contribution is -2.23. The number of rotatable bonds is 1. The van der Waals surface area contributed by atoms with Crippen molar-refractivity contribution in [2.45, 2.75) is 33.3 Å². The lowest BCUT2D eigenvalue weighted by Gasteiger charge is -2.19. The molecular weight excluding hydrogens is 150 g/mol.